The van der Waals surface area contributed by atoms with Crippen molar-refractivity contribution in [3.63, 3.8) is 0 Å². The monoisotopic (exact) mass is 257 g/mol. The van der Waals surface area contributed by atoms with Crippen LogP contribution in [0.3, 0.4) is 0 Å². The van der Waals surface area contributed by atoms with Crippen molar-refractivity contribution < 1.29 is 9.53 Å². The Bertz CT molecular complexity index is 218. The fourth-order valence-corrected chi connectivity index (χ4v) is 2.09. The molecule has 0 aromatic carbocycles. The van der Waals surface area contributed by atoms with Gasteiger partial charge in [0.15, 0.2) is 0 Å². The molecule has 1 aliphatic rings. The van der Waals surface area contributed by atoms with Crippen LogP contribution in [0.5, 0.6) is 0 Å². The zero-order valence-corrected chi connectivity index (χ0v) is 11.5. The van der Waals surface area contributed by atoms with Gasteiger partial charge in [0, 0.05) is 52.9 Å². The Kier molecular flexibility index (Phi) is 8.81. The van der Waals surface area contributed by atoms with Crippen molar-refractivity contribution in [1.82, 2.24) is 15.5 Å². The summed E-state index contributed by atoms with van der Waals surface area (Å²) in [7, 11) is 1.69. The molecule has 1 saturated heterocycles. The molecule has 5 nitrogen and oxygen atoms in total. The highest BCUT2D eigenvalue weighted by Gasteiger charge is 2.08. The molecule has 0 radical (unpaired) electrons. The number of unbranched alkanes of at least 4 members (excludes halogenated alkanes) is 1. The molecule has 106 valence electrons. The molecule has 1 amide bonds. The molecule has 0 atom stereocenters. The van der Waals surface area contributed by atoms with Crippen LogP contribution in [-0.4, -0.2) is 63.8 Å². The lowest BCUT2D eigenvalue weighted by atomic mass is 10.2. The molecule has 1 rings (SSSR count). The topological polar surface area (TPSA) is 53.6 Å². The average molecular weight is 257 g/mol. The highest BCUT2D eigenvalue weighted by Crippen LogP contribution is 1.96. The van der Waals surface area contributed by atoms with Crippen molar-refractivity contribution in [3.8, 4) is 0 Å². The minimum absolute atomic E-state index is 0.173. The first-order valence-corrected chi connectivity index (χ1v) is 7.01. The molecule has 1 aliphatic heterocycles. The third-order valence-corrected chi connectivity index (χ3v) is 3.19. The molecule has 0 aliphatic carbocycles. The maximum Gasteiger partial charge on any atom is 0.219 e. The van der Waals surface area contributed by atoms with Gasteiger partial charge in [-0.1, -0.05) is 0 Å². The van der Waals surface area contributed by atoms with Gasteiger partial charge in [-0.3, -0.25) is 4.79 Å². The highest BCUT2D eigenvalue weighted by molar-refractivity contribution is 5.75. The Morgan fingerprint density at radius 2 is 2.06 bits per heavy atom. The van der Waals surface area contributed by atoms with E-state index in [4.69, 9.17) is 4.74 Å². The fraction of sp³-hybridized carbons (Fsp3) is 0.923. The molecule has 18 heavy (non-hydrogen) atoms. The van der Waals surface area contributed by atoms with Gasteiger partial charge in [0.05, 0.1) is 0 Å². The molecule has 1 fully saturated rings. The Hall–Kier alpha value is -0.650. The number of hydrogen-bond acceptors (Lipinski definition) is 4. The van der Waals surface area contributed by atoms with Gasteiger partial charge < -0.3 is 20.3 Å². The summed E-state index contributed by atoms with van der Waals surface area (Å²) in [6.45, 7) is 7.07. The molecule has 0 spiro atoms. The summed E-state index contributed by atoms with van der Waals surface area (Å²) >= 11 is 0. The second-order valence-corrected chi connectivity index (χ2v) is 4.75. The van der Waals surface area contributed by atoms with E-state index in [1.165, 1.54) is 0 Å². The van der Waals surface area contributed by atoms with E-state index in [1.807, 2.05) is 0 Å². The molecule has 5 heteroatoms. The van der Waals surface area contributed by atoms with E-state index in [0.717, 1.165) is 65.1 Å². The summed E-state index contributed by atoms with van der Waals surface area (Å²) in [5.41, 5.74) is 0. The standard InChI is InChI=1S/C13H27N3O2/c1-18-12-3-2-5-13(17)15-6-4-9-16-10-7-14-8-11-16/h14H,2-12H2,1H3,(H,15,17). The van der Waals surface area contributed by atoms with Crippen LogP contribution in [0.15, 0.2) is 0 Å². The predicted molar refractivity (Wildman–Crippen MR) is 72.7 cm³/mol. The van der Waals surface area contributed by atoms with E-state index in [1.54, 1.807) is 7.11 Å². The summed E-state index contributed by atoms with van der Waals surface area (Å²) in [5.74, 6) is 0.173. The van der Waals surface area contributed by atoms with E-state index < -0.39 is 0 Å². The van der Waals surface area contributed by atoms with Crippen LogP contribution < -0.4 is 10.6 Å². The molecule has 0 aromatic rings. The van der Waals surface area contributed by atoms with Crippen LogP contribution in [0.4, 0.5) is 0 Å². The maximum absolute atomic E-state index is 11.5. The first kappa shape index (κ1) is 15.4. The highest BCUT2D eigenvalue weighted by atomic mass is 16.5. The largest absolute Gasteiger partial charge is 0.385 e. The number of nitrogens with zero attached hydrogens (tertiary/aromatic N) is 1. The van der Waals surface area contributed by atoms with Gasteiger partial charge >= 0.3 is 0 Å². The quantitative estimate of drug-likeness (QED) is 0.580. The zero-order valence-electron chi connectivity index (χ0n) is 11.5. The van der Waals surface area contributed by atoms with Crippen LogP contribution in [0.25, 0.3) is 0 Å². The minimum atomic E-state index is 0.173. The summed E-state index contributed by atoms with van der Waals surface area (Å²) in [6, 6.07) is 0. The molecule has 0 aromatic heterocycles. The molecular formula is C13H27N3O2. The second kappa shape index (κ2) is 10.3. The lowest BCUT2D eigenvalue weighted by molar-refractivity contribution is -0.121. The van der Waals surface area contributed by atoms with E-state index in [0.29, 0.717) is 6.42 Å². The van der Waals surface area contributed by atoms with Crippen molar-refractivity contribution in [2.45, 2.75) is 25.7 Å². The summed E-state index contributed by atoms with van der Waals surface area (Å²) in [4.78, 5) is 13.9. The summed E-state index contributed by atoms with van der Waals surface area (Å²) in [6.07, 6.45) is 3.54. The van der Waals surface area contributed by atoms with Gasteiger partial charge in [0.2, 0.25) is 5.91 Å². The molecular weight excluding hydrogens is 230 g/mol. The van der Waals surface area contributed by atoms with Gasteiger partial charge in [-0.2, -0.15) is 0 Å². The third kappa shape index (κ3) is 7.63. The number of amides is 1. The summed E-state index contributed by atoms with van der Waals surface area (Å²) < 4.78 is 4.95. The van der Waals surface area contributed by atoms with E-state index >= 15 is 0 Å². The lowest BCUT2D eigenvalue weighted by Gasteiger charge is -2.27. The van der Waals surface area contributed by atoms with Gasteiger partial charge in [-0.05, 0) is 25.8 Å². The number of hydrogen-bond donors (Lipinski definition) is 2. The fourth-order valence-electron chi connectivity index (χ4n) is 2.09. The van der Waals surface area contributed by atoms with Crippen LogP contribution in [-0.2, 0) is 9.53 Å². The number of methoxy groups -OCH3 is 1. The van der Waals surface area contributed by atoms with Crippen LogP contribution >= 0.6 is 0 Å². The van der Waals surface area contributed by atoms with E-state index in [9.17, 15) is 4.79 Å². The predicted octanol–water partition coefficient (Wildman–Crippen LogP) is 0.215. The van der Waals surface area contributed by atoms with Crippen molar-refractivity contribution in [2.75, 3.05) is 53.0 Å². The normalized spacial score (nSPS) is 16.7. The summed E-state index contributed by atoms with van der Waals surface area (Å²) in [5, 5.41) is 6.31. The molecule has 0 bridgehead atoms. The van der Waals surface area contributed by atoms with Crippen LogP contribution in [0.1, 0.15) is 25.7 Å². The molecule has 1 heterocycles. The SMILES string of the molecule is COCCCCC(=O)NCCCN1CCNCC1. The van der Waals surface area contributed by atoms with Crippen LogP contribution in [0.2, 0.25) is 0 Å². The number of carbonyl (C=O) groups is 1. The number of rotatable bonds is 9. The molecule has 0 saturated carbocycles. The van der Waals surface area contributed by atoms with Crippen LogP contribution in [0, 0.1) is 0 Å². The first-order chi connectivity index (χ1) is 8.83. The van der Waals surface area contributed by atoms with Crippen molar-refractivity contribution in [1.29, 1.82) is 0 Å². The first-order valence-electron chi connectivity index (χ1n) is 7.01. The van der Waals surface area contributed by atoms with E-state index in [2.05, 4.69) is 15.5 Å². The van der Waals surface area contributed by atoms with Gasteiger partial charge in [-0.25, -0.2) is 0 Å². The van der Waals surface area contributed by atoms with Crippen molar-refractivity contribution in [3.05, 3.63) is 0 Å². The number of piperazine rings is 1. The number of ether oxygens (including phenoxy) is 1. The maximum atomic E-state index is 11.5. The average Bonchev–Trinajstić information content (AvgIpc) is 2.41. The smallest absolute Gasteiger partial charge is 0.219 e. The lowest BCUT2D eigenvalue weighted by Crippen LogP contribution is -2.44. The van der Waals surface area contributed by atoms with Crippen molar-refractivity contribution >= 4 is 5.91 Å². The molecule has 2 N–H and O–H groups in total. The zero-order chi connectivity index (χ0) is 13.1. The number of carbonyl (C=O) groups excluding carboxylic acids is 1. The third-order valence-electron chi connectivity index (χ3n) is 3.19. The molecule has 0 unspecified atom stereocenters. The van der Waals surface area contributed by atoms with Gasteiger partial charge in [-0.15, -0.1) is 0 Å². The Morgan fingerprint density at radius 3 is 2.78 bits per heavy atom. The minimum Gasteiger partial charge on any atom is -0.385 e. The second-order valence-electron chi connectivity index (χ2n) is 4.75. The Balaban J connectivity index is 1.88. The van der Waals surface area contributed by atoms with Gasteiger partial charge in [0.1, 0.15) is 0 Å². The number of nitrogens with one attached hydrogen (secondary N) is 2. The Morgan fingerprint density at radius 1 is 1.28 bits per heavy atom. The van der Waals surface area contributed by atoms with Crippen molar-refractivity contribution in [2.24, 2.45) is 0 Å². The Labute approximate surface area is 110 Å². The van der Waals surface area contributed by atoms with Gasteiger partial charge in [0.25, 0.3) is 0 Å². The van der Waals surface area contributed by atoms with E-state index in [-0.39, 0.29) is 5.91 Å².